The van der Waals surface area contributed by atoms with Crippen molar-refractivity contribution in [3.05, 3.63) is 30.6 Å². The molecule has 3 aliphatic rings. The van der Waals surface area contributed by atoms with E-state index in [9.17, 15) is 27.4 Å². The summed E-state index contributed by atoms with van der Waals surface area (Å²) >= 11 is 0. The third-order valence-corrected chi connectivity index (χ3v) is 5.72. The summed E-state index contributed by atoms with van der Waals surface area (Å²) in [6, 6.07) is 3.72. The predicted molar refractivity (Wildman–Crippen MR) is 114 cm³/mol. The van der Waals surface area contributed by atoms with E-state index in [1.807, 2.05) is 30.6 Å². The second-order valence-corrected chi connectivity index (χ2v) is 10.1. The summed E-state index contributed by atoms with van der Waals surface area (Å²) in [6.07, 6.45) is 3.51. The van der Waals surface area contributed by atoms with Gasteiger partial charge in [-0.05, 0) is 27.2 Å². The molecular formula is C20H29N5O8S. The van der Waals surface area contributed by atoms with Crippen LogP contribution < -0.4 is 10.3 Å². The Morgan fingerprint density at radius 3 is 2.41 bits per heavy atom. The van der Waals surface area contributed by atoms with Gasteiger partial charge in [-0.2, -0.15) is 9.35 Å². The summed E-state index contributed by atoms with van der Waals surface area (Å²) in [5.74, 6) is -0.491. The standard InChI is InChI=1S/C15H24N4O8S.C5H5N/c1-15(2,3)26-13(21)16-4-5-17-7-9-6-10-8-18(11(9)12(17)20)14(22)19(10)27-28(23,24)25;1-2-4-6-5-3-1/h9-11H,4-8H2,1-3H3,(H,16,21)(H,23,24,25);1-5H/t9-,10+,11-;/m0./s1. The average molecular weight is 500 g/mol. The molecule has 3 saturated heterocycles. The molecule has 0 saturated carbocycles. The van der Waals surface area contributed by atoms with Crippen molar-refractivity contribution in [3.8, 4) is 0 Å². The van der Waals surface area contributed by atoms with Crippen molar-refractivity contribution >= 4 is 28.4 Å². The maximum Gasteiger partial charge on any atom is 0.407 e. The number of hydroxylamine groups is 2. The van der Waals surface area contributed by atoms with Crippen LogP contribution in [-0.4, -0.2) is 89.7 Å². The number of aromatic nitrogens is 1. The lowest BCUT2D eigenvalue weighted by atomic mass is 9.91. The lowest BCUT2D eigenvalue weighted by Crippen LogP contribution is -2.48. The van der Waals surface area contributed by atoms with Gasteiger partial charge in [-0.15, -0.1) is 0 Å². The number of hydrogen-bond donors (Lipinski definition) is 1. The Bertz CT molecular complexity index is 973. The number of carbonyl (C=O) groups is 3. The van der Waals surface area contributed by atoms with Crippen LogP contribution in [0.2, 0.25) is 0 Å². The summed E-state index contributed by atoms with van der Waals surface area (Å²) in [5, 5.41) is 3.14. The number of amides is 4. The first kappa shape index (κ1) is 25.6. The summed E-state index contributed by atoms with van der Waals surface area (Å²) in [7, 11) is -5.08. The van der Waals surface area contributed by atoms with Crippen LogP contribution >= 0.6 is 0 Å². The molecule has 4 amide bonds. The topological polar surface area (TPSA) is 163 Å². The van der Waals surface area contributed by atoms with Crippen molar-refractivity contribution < 1.29 is 41.4 Å². The third-order valence-electron chi connectivity index (χ3n) is 5.38. The van der Waals surface area contributed by atoms with Gasteiger partial charge in [-0.1, -0.05) is 6.07 Å². The molecule has 0 spiro atoms. The second-order valence-electron chi connectivity index (χ2n) is 9.13. The molecular weight excluding hydrogens is 470 g/mol. The SMILES string of the molecule is CC(C)(C)OC(=O)NCCN1C[C@@H]2C[C@@H]3CN(C(=O)N3OS(=O)(=O)[O-])[C@@H]2C1=O.c1cc[nH+]cc1. The van der Waals surface area contributed by atoms with Gasteiger partial charge in [0.25, 0.3) is 0 Å². The predicted octanol–water partition coefficient (Wildman–Crippen LogP) is -0.259. The number of aromatic amines is 1. The molecule has 0 aliphatic carbocycles. The second kappa shape index (κ2) is 10.1. The summed E-state index contributed by atoms with van der Waals surface area (Å²) in [6.45, 7) is 6.16. The third kappa shape index (κ3) is 6.55. The molecule has 3 fully saturated rings. The zero-order valence-electron chi connectivity index (χ0n) is 19.2. The van der Waals surface area contributed by atoms with Gasteiger partial charge in [0.05, 0.1) is 6.04 Å². The van der Waals surface area contributed by atoms with E-state index in [-0.39, 0.29) is 31.5 Å². The van der Waals surface area contributed by atoms with Crippen LogP contribution in [0.4, 0.5) is 9.59 Å². The Morgan fingerprint density at radius 1 is 1.21 bits per heavy atom. The highest BCUT2D eigenvalue weighted by atomic mass is 32.3. The van der Waals surface area contributed by atoms with Gasteiger partial charge >= 0.3 is 12.1 Å². The number of nitrogens with zero attached hydrogens (tertiary/aromatic N) is 3. The molecule has 188 valence electrons. The van der Waals surface area contributed by atoms with E-state index in [4.69, 9.17) is 4.74 Å². The van der Waals surface area contributed by atoms with Crippen molar-refractivity contribution in [1.82, 2.24) is 20.2 Å². The van der Waals surface area contributed by atoms with Crippen molar-refractivity contribution in [1.29, 1.82) is 0 Å². The fourth-order valence-electron chi connectivity index (χ4n) is 4.21. The van der Waals surface area contributed by atoms with E-state index in [1.54, 1.807) is 25.7 Å². The zero-order valence-corrected chi connectivity index (χ0v) is 20.0. The first-order valence-electron chi connectivity index (χ1n) is 10.8. The van der Waals surface area contributed by atoms with E-state index in [0.717, 1.165) is 0 Å². The number of nitrogens with one attached hydrogen (secondary N) is 2. The Labute approximate surface area is 197 Å². The van der Waals surface area contributed by atoms with Crippen molar-refractivity contribution in [2.24, 2.45) is 5.92 Å². The van der Waals surface area contributed by atoms with Gasteiger partial charge in [-0.25, -0.2) is 23.0 Å². The number of urea groups is 1. The minimum absolute atomic E-state index is 0.116. The number of hydrogen-bond acceptors (Lipinski definition) is 8. The Hall–Kier alpha value is -2.97. The molecule has 0 unspecified atom stereocenters. The number of pyridine rings is 1. The molecule has 13 nitrogen and oxygen atoms in total. The lowest BCUT2D eigenvalue weighted by Gasteiger charge is -2.30. The normalized spacial score (nSPS) is 23.9. The van der Waals surface area contributed by atoms with Gasteiger partial charge < -0.3 is 24.4 Å². The van der Waals surface area contributed by atoms with Gasteiger partial charge in [-0.3, -0.25) is 4.79 Å². The fraction of sp³-hybridized carbons (Fsp3) is 0.600. The van der Waals surface area contributed by atoms with Crippen molar-refractivity contribution in [2.45, 2.75) is 44.9 Å². The van der Waals surface area contributed by atoms with Crippen LogP contribution in [0.25, 0.3) is 0 Å². The highest BCUT2D eigenvalue weighted by molar-refractivity contribution is 7.80. The number of piperidine rings is 1. The highest BCUT2D eigenvalue weighted by Gasteiger charge is 2.56. The number of likely N-dealkylation sites (tertiary alicyclic amines) is 1. The minimum Gasteiger partial charge on any atom is -0.724 e. The molecule has 2 bridgehead atoms. The largest absolute Gasteiger partial charge is 0.724 e. The van der Waals surface area contributed by atoms with Crippen molar-refractivity contribution in [2.75, 3.05) is 26.2 Å². The number of fused-ring (bicyclic) bond motifs is 4. The molecule has 4 heterocycles. The molecule has 4 rings (SSSR count). The molecule has 3 atom stereocenters. The van der Waals surface area contributed by atoms with E-state index in [0.29, 0.717) is 18.0 Å². The van der Waals surface area contributed by atoms with Gasteiger partial charge in [0.1, 0.15) is 11.6 Å². The van der Waals surface area contributed by atoms with Crippen molar-refractivity contribution in [3.63, 3.8) is 0 Å². The molecule has 2 N–H and O–H groups in total. The lowest BCUT2D eigenvalue weighted by molar-refractivity contribution is -0.377. The van der Waals surface area contributed by atoms with Crippen LogP contribution in [0.3, 0.4) is 0 Å². The number of H-pyrrole nitrogens is 1. The van der Waals surface area contributed by atoms with Crippen LogP contribution in [0.5, 0.6) is 0 Å². The average Bonchev–Trinajstić information content (AvgIpc) is 3.17. The van der Waals surface area contributed by atoms with Crippen LogP contribution in [-0.2, 0) is 24.2 Å². The van der Waals surface area contributed by atoms with Gasteiger partial charge in [0.2, 0.25) is 16.3 Å². The Kier molecular flexibility index (Phi) is 7.63. The zero-order chi connectivity index (χ0) is 25.1. The molecule has 0 radical (unpaired) electrons. The van der Waals surface area contributed by atoms with E-state index in [2.05, 4.69) is 14.6 Å². The minimum atomic E-state index is -5.08. The van der Waals surface area contributed by atoms with E-state index in [1.165, 1.54) is 4.90 Å². The molecule has 14 heteroatoms. The number of alkyl carbamates (subject to hydrolysis) is 1. The Morgan fingerprint density at radius 2 is 1.88 bits per heavy atom. The monoisotopic (exact) mass is 499 g/mol. The molecule has 1 aromatic rings. The van der Waals surface area contributed by atoms with Gasteiger partial charge in [0, 0.05) is 44.2 Å². The maximum atomic E-state index is 12.7. The Balaban J connectivity index is 0.000000469. The summed E-state index contributed by atoms with van der Waals surface area (Å²) in [5.41, 5.74) is -0.624. The molecule has 3 aliphatic heterocycles. The van der Waals surface area contributed by atoms with E-state index >= 15 is 0 Å². The number of ether oxygens (including phenoxy) is 1. The van der Waals surface area contributed by atoms with Crippen LogP contribution in [0, 0.1) is 5.92 Å². The highest BCUT2D eigenvalue weighted by Crippen LogP contribution is 2.38. The first-order chi connectivity index (χ1) is 15.9. The van der Waals surface area contributed by atoms with Crippen LogP contribution in [0.1, 0.15) is 27.2 Å². The summed E-state index contributed by atoms with van der Waals surface area (Å²) < 4.78 is 41.9. The smallest absolute Gasteiger partial charge is 0.407 e. The first-order valence-corrected chi connectivity index (χ1v) is 12.1. The maximum absolute atomic E-state index is 12.7. The molecule has 0 aromatic carbocycles. The number of carbonyl (C=O) groups excluding carboxylic acids is 3. The quantitative estimate of drug-likeness (QED) is 0.428. The number of rotatable bonds is 5. The molecule has 34 heavy (non-hydrogen) atoms. The summed E-state index contributed by atoms with van der Waals surface area (Å²) in [4.78, 5) is 42.5. The molecule has 1 aromatic heterocycles. The van der Waals surface area contributed by atoms with Crippen LogP contribution in [0.15, 0.2) is 30.6 Å². The van der Waals surface area contributed by atoms with Gasteiger partial charge in [0.15, 0.2) is 12.4 Å². The van der Waals surface area contributed by atoms with E-state index < -0.39 is 40.2 Å². The fourth-order valence-corrected chi connectivity index (χ4v) is 4.59.